The fourth-order valence-corrected chi connectivity index (χ4v) is 1.65. The largest absolute Gasteiger partial charge is 0.497 e. The van der Waals surface area contributed by atoms with Crippen molar-refractivity contribution in [3.8, 4) is 16.9 Å². The van der Waals surface area contributed by atoms with Crippen molar-refractivity contribution >= 4 is 5.97 Å². The lowest BCUT2D eigenvalue weighted by Gasteiger charge is -2.07. The van der Waals surface area contributed by atoms with E-state index in [9.17, 15) is 9.18 Å². The van der Waals surface area contributed by atoms with Gasteiger partial charge in [0.15, 0.2) is 0 Å². The number of carboxylic acid groups (broad SMARTS) is 1. The van der Waals surface area contributed by atoms with Gasteiger partial charge in [-0.2, -0.15) is 0 Å². The van der Waals surface area contributed by atoms with E-state index >= 15 is 0 Å². The molecule has 0 radical (unpaired) electrons. The zero-order chi connectivity index (χ0) is 13.1. The second-order valence-corrected chi connectivity index (χ2v) is 3.76. The Bertz CT molecular complexity index is 576. The molecule has 0 bridgehead atoms. The Balaban J connectivity index is 2.52. The van der Waals surface area contributed by atoms with Crippen LogP contribution in [0.2, 0.25) is 0 Å². The zero-order valence-electron chi connectivity index (χ0n) is 9.68. The van der Waals surface area contributed by atoms with Crippen LogP contribution in [0.4, 0.5) is 4.39 Å². The Hall–Kier alpha value is -2.36. The predicted molar refractivity (Wildman–Crippen MR) is 65.3 cm³/mol. The fraction of sp³-hybridized carbons (Fsp3) is 0.0714. The number of carboxylic acids is 1. The minimum Gasteiger partial charge on any atom is -0.497 e. The summed E-state index contributed by atoms with van der Waals surface area (Å²) in [5, 5.41) is 9.00. The molecule has 0 aliphatic rings. The summed E-state index contributed by atoms with van der Waals surface area (Å²) in [4.78, 5) is 11.0. The van der Waals surface area contributed by atoms with Crippen LogP contribution in [0.5, 0.6) is 5.75 Å². The van der Waals surface area contributed by atoms with Gasteiger partial charge in [-0.1, -0.05) is 12.1 Å². The number of hydrogen-bond acceptors (Lipinski definition) is 2. The summed E-state index contributed by atoms with van der Waals surface area (Å²) in [5.74, 6) is -0.911. The fourth-order valence-electron chi connectivity index (χ4n) is 1.65. The molecular weight excluding hydrogens is 235 g/mol. The molecule has 92 valence electrons. The Labute approximate surface area is 103 Å². The first-order valence-electron chi connectivity index (χ1n) is 5.28. The number of methoxy groups -OCH3 is 1. The topological polar surface area (TPSA) is 46.5 Å². The van der Waals surface area contributed by atoms with Crippen molar-refractivity contribution in [1.29, 1.82) is 0 Å². The van der Waals surface area contributed by atoms with Crippen LogP contribution < -0.4 is 4.74 Å². The number of carbonyl (C=O) groups is 1. The van der Waals surface area contributed by atoms with Gasteiger partial charge >= 0.3 is 5.97 Å². The summed E-state index contributed by atoms with van der Waals surface area (Å²) >= 11 is 0. The quantitative estimate of drug-likeness (QED) is 0.904. The molecule has 0 heterocycles. The molecule has 2 rings (SSSR count). The highest BCUT2D eigenvalue weighted by Gasteiger charge is 2.08. The molecule has 0 aromatic heterocycles. The third-order valence-electron chi connectivity index (χ3n) is 2.57. The van der Waals surface area contributed by atoms with E-state index in [1.165, 1.54) is 31.4 Å². The first kappa shape index (κ1) is 12.1. The van der Waals surface area contributed by atoms with E-state index in [4.69, 9.17) is 9.84 Å². The summed E-state index contributed by atoms with van der Waals surface area (Å²) < 4.78 is 17.9. The van der Waals surface area contributed by atoms with Crippen LogP contribution in [0.15, 0.2) is 42.5 Å². The molecule has 0 aliphatic heterocycles. The molecule has 0 atom stereocenters. The molecule has 0 amide bonds. The van der Waals surface area contributed by atoms with E-state index in [0.29, 0.717) is 11.3 Å². The van der Waals surface area contributed by atoms with Gasteiger partial charge in [0.05, 0.1) is 12.7 Å². The van der Waals surface area contributed by atoms with Crippen molar-refractivity contribution in [2.45, 2.75) is 0 Å². The van der Waals surface area contributed by atoms with Crippen LogP contribution >= 0.6 is 0 Å². The van der Waals surface area contributed by atoms with E-state index in [1.54, 1.807) is 18.2 Å². The molecule has 1 N–H and O–H groups in total. The molecule has 0 unspecified atom stereocenters. The predicted octanol–water partition coefficient (Wildman–Crippen LogP) is 3.20. The Morgan fingerprint density at radius 1 is 1.11 bits per heavy atom. The van der Waals surface area contributed by atoms with Gasteiger partial charge in [0.1, 0.15) is 11.6 Å². The summed E-state index contributed by atoms with van der Waals surface area (Å²) in [6, 6.07) is 10.5. The van der Waals surface area contributed by atoms with Gasteiger partial charge < -0.3 is 9.84 Å². The maximum Gasteiger partial charge on any atom is 0.335 e. The van der Waals surface area contributed by atoms with E-state index < -0.39 is 5.97 Å². The summed E-state index contributed by atoms with van der Waals surface area (Å²) in [6.45, 7) is 0. The van der Waals surface area contributed by atoms with Crippen LogP contribution in [0.25, 0.3) is 11.1 Å². The van der Waals surface area contributed by atoms with Crippen molar-refractivity contribution in [2.24, 2.45) is 0 Å². The third kappa shape index (κ3) is 2.48. The van der Waals surface area contributed by atoms with Crippen molar-refractivity contribution in [3.63, 3.8) is 0 Å². The molecule has 0 fully saturated rings. The lowest BCUT2D eigenvalue weighted by molar-refractivity contribution is 0.0696. The maximum atomic E-state index is 12.8. The highest BCUT2D eigenvalue weighted by Crippen LogP contribution is 2.26. The standard InChI is InChI=1S/C14H11FO3/c1-18-13-7-10(6-11(8-13)14(16)17)9-2-4-12(15)5-3-9/h2-8H,1H3,(H,16,17). The van der Waals surface area contributed by atoms with E-state index in [1.807, 2.05) is 0 Å². The first-order valence-corrected chi connectivity index (χ1v) is 5.28. The third-order valence-corrected chi connectivity index (χ3v) is 2.57. The molecule has 2 aromatic rings. The monoisotopic (exact) mass is 246 g/mol. The number of hydrogen-bond donors (Lipinski definition) is 1. The number of rotatable bonds is 3. The maximum absolute atomic E-state index is 12.8. The minimum atomic E-state index is -1.03. The molecule has 0 saturated carbocycles. The van der Waals surface area contributed by atoms with Gasteiger partial charge in [0.25, 0.3) is 0 Å². The normalized spacial score (nSPS) is 10.1. The van der Waals surface area contributed by atoms with Gasteiger partial charge in [-0.3, -0.25) is 0 Å². The van der Waals surface area contributed by atoms with E-state index in [2.05, 4.69) is 0 Å². The number of benzene rings is 2. The second kappa shape index (κ2) is 4.87. The van der Waals surface area contributed by atoms with E-state index in [0.717, 1.165) is 5.56 Å². The zero-order valence-corrected chi connectivity index (χ0v) is 9.68. The highest BCUT2D eigenvalue weighted by molar-refractivity contribution is 5.90. The van der Waals surface area contributed by atoms with Crippen LogP contribution in [-0.2, 0) is 0 Å². The number of aromatic carboxylic acids is 1. The number of halogens is 1. The summed E-state index contributed by atoms with van der Waals surface area (Å²) in [5.41, 5.74) is 1.54. The summed E-state index contributed by atoms with van der Waals surface area (Å²) in [6.07, 6.45) is 0. The van der Waals surface area contributed by atoms with Crippen LogP contribution in [0.3, 0.4) is 0 Å². The lowest BCUT2D eigenvalue weighted by atomic mass is 10.0. The molecule has 0 spiro atoms. The number of ether oxygens (including phenoxy) is 1. The SMILES string of the molecule is COc1cc(C(=O)O)cc(-c2ccc(F)cc2)c1. The van der Waals surface area contributed by atoms with Gasteiger partial charge in [0.2, 0.25) is 0 Å². The molecular formula is C14H11FO3. The van der Waals surface area contributed by atoms with Crippen molar-refractivity contribution < 1.29 is 19.0 Å². The molecule has 0 saturated heterocycles. The highest BCUT2D eigenvalue weighted by atomic mass is 19.1. The van der Waals surface area contributed by atoms with Gasteiger partial charge in [-0.05, 0) is 41.5 Å². The van der Waals surface area contributed by atoms with Crippen molar-refractivity contribution in [3.05, 3.63) is 53.8 Å². The molecule has 0 aliphatic carbocycles. The average Bonchev–Trinajstić information content (AvgIpc) is 2.39. The molecule has 4 heteroatoms. The second-order valence-electron chi connectivity index (χ2n) is 3.76. The van der Waals surface area contributed by atoms with Crippen molar-refractivity contribution in [1.82, 2.24) is 0 Å². The van der Waals surface area contributed by atoms with Gasteiger partial charge in [-0.15, -0.1) is 0 Å². The van der Waals surface area contributed by atoms with Crippen molar-refractivity contribution in [2.75, 3.05) is 7.11 Å². The van der Waals surface area contributed by atoms with Crippen LogP contribution in [0.1, 0.15) is 10.4 Å². The van der Waals surface area contributed by atoms with Gasteiger partial charge in [0, 0.05) is 0 Å². The lowest BCUT2D eigenvalue weighted by Crippen LogP contribution is -1.97. The van der Waals surface area contributed by atoms with Crippen LogP contribution in [0, 0.1) is 5.82 Å². The minimum absolute atomic E-state index is 0.133. The molecule has 2 aromatic carbocycles. The van der Waals surface area contributed by atoms with E-state index in [-0.39, 0.29) is 11.4 Å². The van der Waals surface area contributed by atoms with Crippen LogP contribution in [-0.4, -0.2) is 18.2 Å². The Morgan fingerprint density at radius 2 is 1.78 bits per heavy atom. The smallest absolute Gasteiger partial charge is 0.335 e. The molecule has 3 nitrogen and oxygen atoms in total. The Kier molecular flexibility index (Phi) is 3.28. The molecule has 18 heavy (non-hydrogen) atoms. The summed E-state index contributed by atoms with van der Waals surface area (Å²) in [7, 11) is 1.47. The first-order chi connectivity index (χ1) is 8.60. The Morgan fingerprint density at radius 3 is 2.33 bits per heavy atom. The average molecular weight is 246 g/mol. The van der Waals surface area contributed by atoms with Gasteiger partial charge in [-0.25, -0.2) is 9.18 Å².